The molecular weight excluding hydrogens is 266 g/mol. The second kappa shape index (κ2) is 4.71. The molecule has 0 saturated carbocycles. The highest BCUT2D eigenvalue weighted by Crippen LogP contribution is 2.37. The lowest BCUT2D eigenvalue weighted by Gasteiger charge is -2.30. The SMILES string of the molecule is CC1(C)CCc2c(sc3cc(CC#N)ccc3c2=O)C1. The average Bonchev–Trinajstić information content (AvgIpc) is 2.37. The van der Waals surface area contributed by atoms with Gasteiger partial charge in [-0.05, 0) is 42.4 Å². The zero-order chi connectivity index (χ0) is 14.3. The lowest BCUT2D eigenvalue weighted by atomic mass is 9.77. The van der Waals surface area contributed by atoms with Gasteiger partial charge in [-0.25, -0.2) is 0 Å². The molecule has 102 valence electrons. The summed E-state index contributed by atoms with van der Waals surface area (Å²) >= 11 is 1.74. The molecule has 1 heterocycles. The van der Waals surface area contributed by atoms with Gasteiger partial charge in [-0.15, -0.1) is 11.3 Å². The Morgan fingerprint density at radius 2 is 2.20 bits per heavy atom. The Labute approximate surface area is 122 Å². The molecule has 0 bridgehead atoms. The van der Waals surface area contributed by atoms with Crippen LogP contribution in [0.3, 0.4) is 0 Å². The highest BCUT2D eigenvalue weighted by molar-refractivity contribution is 7.18. The van der Waals surface area contributed by atoms with E-state index in [9.17, 15) is 4.79 Å². The molecule has 1 aliphatic carbocycles. The van der Waals surface area contributed by atoms with Crippen molar-refractivity contribution in [1.82, 2.24) is 0 Å². The number of fused-ring (bicyclic) bond motifs is 2. The van der Waals surface area contributed by atoms with E-state index in [4.69, 9.17) is 5.26 Å². The molecule has 1 aromatic heterocycles. The molecule has 0 fully saturated rings. The Morgan fingerprint density at radius 1 is 1.40 bits per heavy atom. The van der Waals surface area contributed by atoms with Gasteiger partial charge < -0.3 is 0 Å². The molecule has 3 rings (SSSR count). The lowest BCUT2D eigenvalue weighted by molar-refractivity contribution is 0.318. The zero-order valence-electron chi connectivity index (χ0n) is 11.8. The van der Waals surface area contributed by atoms with Crippen molar-refractivity contribution in [3.8, 4) is 6.07 Å². The number of hydrogen-bond acceptors (Lipinski definition) is 3. The van der Waals surface area contributed by atoms with Crippen LogP contribution in [0, 0.1) is 16.7 Å². The van der Waals surface area contributed by atoms with E-state index >= 15 is 0 Å². The van der Waals surface area contributed by atoms with Crippen LogP contribution in [0.2, 0.25) is 0 Å². The van der Waals surface area contributed by atoms with Gasteiger partial charge in [0.25, 0.3) is 0 Å². The first-order valence-electron chi connectivity index (χ1n) is 6.95. The largest absolute Gasteiger partial charge is 0.289 e. The minimum atomic E-state index is 0.202. The molecule has 1 aliphatic rings. The van der Waals surface area contributed by atoms with Crippen molar-refractivity contribution in [3.63, 3.8) is 0 Å². The van der Waals surface area contributed by atoms with Crippen LogP contribution in [-0.4, -0.2) is 0 Å². The van der Waals surface area contributed by atoms with Gasteiger partial charge in [0, 0.05) is 20.5 Å². The smallest absolute Gasteiger partial charge is 0.191 e. The lowest BCUT2D eigenvalue weighted by Crippen LogP contribution is -2.26. The molecule has 0 radical (unpaired) electrons. The van der Waals surface area contributed by atoms with Gasteiger partial charge in [-0.3, -0.25) is 4.79 Å². The third kappa shape index (κ3) is 2.25. The quantitative estimate of drug-likeness (QED) is 0.797. The van der Waals surface area contributed by atoms with Crippen LogP contribution < -0.4 is 5.43 Å². The summed E-state index contributed by atoms with van der Waals surface area (Å²) in [5.74, 6) is 0. The van der Waals surface area contributed by atoms with Crippen LogP contribution in [0.15, 0.2) is 23.0 Å². The number of hydrogen-bond donors (Lipinski definition) is 0. The summed E-state index contributed by atoms with van der Waals surface area (Å²) in [6.07, 6.45) is 3.37. The van der Waals surface area contributed by atoms with Crippen molar-refractivity contribution in [3.05, 3.63) is 44.4 Å². The topological polar surface area (TPSA) is 40.9 Å². The Hall–Kier alpha value is -1.66. The minimum absolute atomic E-state index is 0.202. The standard InChI is InChI=1S/C17H17NOS/c1-17(2)7-5-13-15(10-17)20-14-9-11(6-8-18)3-4-12(14)16(13)19/h3-4,9H,5-7,10H2,1-2H3. The predicted molar refractivity (Wildman–Crippen MR) is 83.2 cm³/mol. The van der Waals surface area contributed by atoms with Crippen molar-refractivity contribution in [2.45, 2.75) is 39.5 Å². The third-order valence-electron chi connectivity index (χ3n) is 4.11. The molecule has 20 heavy (non-hydrogen) atoms. The van der Waals surface area contributed by atoms with E-state index in [0.29, 0.717) is 6.42 Å². The molecule has 0 spiro atoms. The molecule has 0 unspecified atom stereocenters. The van der Waals surface area contributed by atoms with E-state index in [1.165, 1.54) is 4.88 Å². The van der Waals surface area contributed by atoms with Crippen LogP contribution in [0.25, 0.3) is 10.1 Å². The molecule has 3 heteroatoms. The van der Waals surface area contributed by atoms with E-state index in [2.05, 4.69) is 19.9 Å². The highest BCUT2D eigenvalue weighted by Gasteiger charge is 2.27. The third-order valence-corrected chi connectivity index (χ3v) is 5.30. The number of rotatable bonds is 1. The summed E-state index contributed by atoms with van der Waals surface area (Å²) < 4.78 is 1.03. The van der Waals surface area contributed by atoms with Crippen molar-refractivity contribution < 1.29 is 0 Å². The molecule has 0 atom stereocenters. The number of nitrogens with zero attached hydrogens (tertiary/aromatic N) is 1. The van der Waals surface area contributed by atoms with Gasteiger partial charge in [-0.2, -0.15) is 5.26 Å². The normalized spacial score (nSPS) is 16.6. The Balaban J connectivity index is 2.21. The van der Waals surface area contributed by atoms with Crippen molar-refractivity contribution in [1.29, 1.82) is 5.26 Å². The molecular formula is C17H17NOS. The van der Waals surface area contributed by atoms with Gasteiger partial charge in [0.2, 0.25) is 0 Å². The van der Waals surface area contributed by atoms with E-state index in [-0.39, 0.29) is 10.8 Å². The monoisotopic (exact) mass is 283 g/mol. The van der Waals surface area contributed by atoms with Crippen molar-refractivity contribution in [2.75, 3.05) is 0 Å². The van der Waals surface area contributed by atoms with E-state index in [1.54, 1.807) is 11.3 Å². The second-order valence-corrected chi connectivity index (χ2v) is 7.48. The van der Waals surface area contributed by atoms with Gasteiger partial charge >= 0.3 is 0 Å². The molecule has 0 saturated heterocycles. The Bertz CT molecular complexity index is 780. The molecule has 0 N–H and O–H groups in total. The summed E-state index contributed by atoms with van der Waals surface area (Å²) in [5.41, 5.74) is 2.50. The van der Waals surface area contributed by atoms with E-state index < -0.39 is 0 Å². The second-order valence-electron chi connectivity index (χ2n) is 6.34. The van der Waals surface area contributed by atoms with Gasteiger partial charge in [0.1, 0.15) is 0 Å². The first kappa shape index (κ1) is 13.3. The molecule has 0 aliphatic heterocycles. The van der Waals surface area contributed by atoms with Gasteiger partial charge in [0.05, 0.1) is 12.5 Å². The Morgan fingerprint density at radius 3 is 2.95 bits per heavy atom. The first-order valence-corrected chi connectivity index (χ1v) is 7.76. The zero-order valence-corrected chi connectivity index (χ0v) is 12.6. The number of benzene rings is 1. The minimum Gasteiger partial charge on any atom is -0.289 e. The van der Waals surface area contributed by atoms with Crippen molar-refractivity contribution in [2.24, 2.45) is 5.41 Å². The summed E-state index contributed by atoms with van der Waals surface area (Å²) in [4.78, 5) is 13.8. The molecule has 0 amide bonds. The van der Waals surface area contributed by atoms with Gasteiger partial charge in [-0.1, -0.05) is 19.9 Å². The summed E-state index contributed by atoms with van der Waals surface area (Å²) in [6.45, 7) is 4.53. The van der Waals surface area contributed by atoms with E-state index in [0.717, 1.165) is 40.5 Å². The molecule has 2 nitrogen and oxygen atoms in total. The van der Waals surface area contributed by atoms with Crippen LogP contribution in [-0.2, 0) is 19.3 Å². The van der Waals surface area contributed by atoms with Crippen LogP contribution in [0.5, 0.6) is 0 Å². The fourth-order valence-electron chi connectivity index (χ4n) is 2.91. The highest BCUT2D eigenvalue weighted by atomic mass is 32.1. The fraction of sp³-hybridized carbons (Fsp3) is 0.412. The predicted octanol–water partition coefficient (Wildman–Crippen LogP) is 3.84. The molecule has 1 aromatic carbocycles. The van der Waals surface area contributed by atoms with Crippen molar-refractivity contribution >= 4 is 21.4 Å². The van der Waals surface area contributed by atoms with Crippen LogP contribution in [0.4, 0.5) is 0 Å². The Kier molecular flexibility index (Phi) is 3.14. The maximum Gasteiger partial charge on any atom is 0.191 e. The average molecular weight is 283 g/mol. The van der Waals surface area contributed by atoms with E-state index in [1.807, 2.05) is 18.2 Å². The van der Waals surface area contributed by atoms with Crippen LogP contribution >= 0.6 is 11.3 Å². The van der Waals surface area contributed by atoms with Gasteiger partial charge in [0.15, 0.2) is 5.43 Å². The maximum atomic E-state index is 12.6. The van der Waals surface area contributed by atoms with Crippen LogP contribution in [0.1, 0.15) is 36.3 Å². The summed E-state index contributed by atoms with van der Waals surface area (Å²) in [5, 5.41) is 9.61. The molecule has 2 aromatic rings. The fourth-order valence-corrected chi connectivity index (χ4v) is 4.43. The maximum absolute atomic E-state index is 12.6. The first-order chi connectivity index (χ1) is 9.50. The number of nitriles is 1. The summed E-state index contributed by atoms with van der Waals surface area (Å²) in [7, 11) is 0. The summed E-state index contributed by atoms with van der Waals surface area (Å²) in [6, 6.07) is 7.96.